The molecule has 1 amide bonds. The van der Waals surface area contributed by atoms with Gasteiger partial charge in [-0.25, -0.2) is 0 Å². The Balaban J connectivity index is 4.83. The maximum Gasteiger partial charge on any atom is 0.306 e. The van der Waals surface area contributed by atoms with E-state index in [2.05, 4.69) is 111 Å². The number of hydrogen-bond acceptors (Lipinski definition) is 5. The molecule has 0 aromatic carbocycles. The lowest BCUT2D eigenvalue weighted by molar-refractivity contribution is -0.148. The number of unbranched alkanes of at least 4 members (excludes halogenated alkanes) is 14. The molecule has 0 aliphatic carbocycles. The Labute approximate surface area is 356 Å². The van der Waals surface area contributed by atoms with Crippen LogP contribution in [-0.2, 0) is 14.3 Å². The number of allylic oxidation sites excluding steroid dienone is 15. The smallest absolute Gasteiger partial charge is 0.306 e. The van der Waals surface area contributed by atoms with Crippen molar-refractivity contribution in [3.8, 4) is 0 Å². The van der Waals surface area contributed by atoms with Gasteiger partial charge in [0.1, 0.15) is 6.10 Å². The molecule has 3 N–H and O–H groups in total. The third kappa shape index (κ3) is 39.6. The number of amides is 1. The highest BCUT2D eigenvalue weighted by Gasteiger charge is 2.23. The van der Waals surface area contributed by atoms with Crippen LogP contribution in [0.2, 0.25) is 0 Å². The lowest BCUT2D eigenvalue weighted by Crippen LogP contribution is -2.46. The lowest BCUT2D eigenvalue weighted by Gasteiger charge is -2.23. The summed E-state index contributed by atoms with van der Waals surface area (Å²) < 4.78 is 5.79. The highest BCUT2D eigenvalue weighted by Crippen LogP contribution is 2.15. The number of aliphatic hydroxyl groups is 2. The van der Waals surface area contributed by atoms with Gasteiger partial charge in [0.15, 0.2) is 0 Å². The number of ether oxygens (including phenoxy) is 1. The second-order valence-electron chi connectivity index (χ2n) is 15.4. The van der Waals surface area contributed by atoms with Crippen molar-refractivity contribution in [3.05, 3.63) is 97.2 Å². The van der Waals surface area contributed by atoms with Gasteiger partial charge in [-0.05, 0) is 83.1 Å². The molecule has 6 nitrogen and oxygen atoms in total. The van der Waals surface area contributed by atoms with E-state index in [0.717, 1.165) is 96.3 Å². The van der Waals surface area contributed by atoms with Crippen molar-refractivity contribution in [1.82, 2.24) is 5.32 Å². The van der Waals surface area contributed by atoms with E-state index in [1.807, 2.05) is 6.08 Å². The number of carbonyl (C=O) groups excluding carboxylic acids is 2. The van der Waals surface area contributed by atoms with Gasteiger partial charge in [-0.15, -0.1) is 0 Å². The second-order valence-corrected chi connectivity index (χ2v) is 15.4. The molecule has 58 heavy (non-hydrogen) atoms. The Bertz CT molecular complexity index is 1180. The van der Waals surface area contributed by atoms with Crippen LogP contribution in [0.1, 0.15) is 194 Å². The van der Waals surface area contributed by atoms with Crippen molar-refractivity contribution in [2.75, 3.05) is 6.61 Å². The Hall–Kier alpha value is -3.22. The topological polar surface area (TPSA) is 95.9 Å². The molecular formula is C52H87NO5. The summed E-state index contributed by atoms with van der Waals surface area (Å²) in [4.78, 5) is 26.0. The van der Waals surface area contributed by atoms with E-state index in [4.69, 9.17) is 4.74 Å². The first kappa shape index (κ1) is 54.8. The van der Waals surface area contributed by atoms with Crippen LogP contribution in [0.3, 0.4) is 0 Å². The first-order chi connectivity index (χ1) is 28.5. The summed E-state index contributed by atoms with van der Waals surface area (Å²) in [7, 11) is 0. The molecular weight excluding hydrogens is 719 g/mol. The molecule has 0 saturated heterocycles. The van der Waals surface area contributed by atoms with E-state index >= 15 is 0 Å². The van der Waals surface area contributed by atoms with Crippen molar-refractivity contribution < 1.29 is 24.5 Å². The minimum Gasteiger partial charge on any atom is -0.458 e. The van der Waals surface area contributed by atoms with Crippen molar-refractivity contribution in [2.24, 2.45) is 0 Å². The van der Waals surface area contributed by atoms with Crippen LogP contribution in [0.15, 0.2) is 97.2 Å². The quantitative estimate of drug-likeness (QED) is 0.0326. The van der Waals surface area contributed by atoms with Crippen LogP contribution >= 0.6 is 0 Å². The molecule has 0 aromatic heterocycles. The number of hydrogen-bond donors (Lipinski definition) is 3. The summed E-state index contributed by atoms with van der Waals surface area (Å²) in [6, 6.07) is -0.750. The molecule has 3 atom stereocenters. The van der Waals surface area contributed by atoms with E-state index in [0.29, 0.717) is 19.3 Å². The molecule has 0 aromatic rings. The number of rotatable bonds is 40. The Morgan fingerprint density at radius 2 is 0.966 bits per heavy atom. The summed E-state index contributed by atoms with van der Waals surface area (Å²) >= 11 is 0. The average molecular weight is 806 g/mol. The largest absolute Gasteiger partial charge is 0.458 e. The van der Waals surface area contributed by atoms with Gasteiger partial charge < -0.3 is 20.3 Å². The standard InChI is InChI=1S/C52H87NO5/c1-4-7-10-13-16-19-22-24-26-29-31-34-37-40-43-48(58-52(57)45-42-39-36-33-30-27-25-23-20-17-14-11-8-5-2)46-51(56)53-49(47-54)50(55)44-41-38-35-32-28-21-18-15-12-9-6-3/h7-8,10-11,16-17,19-20,24-27,31,34,40,43,48-50,54-55H,4-6,9,12-15,18,21-23,28-30,32-33,35-39,41-42,44-47H2,1-3H3,(H,53,56)/b10-7+,11-8+,19-16+,20-17+,26-24+,27-25+,34-31+,43-40+. The fourth-order valence-electron chi connectivity index (χ4n) is 6.40. The van der Waals surface area contributed by atoms with E-state index in [1.165, 1.54) is 51.4 Å². The minimum atomic E-state index is -0.826. The summed E-state index contributed by atoms with van der Waals surface area (Å²) in [6.07, 6.45) is 59.2. The van der Waals surface area contributed by atoms with Gasteiger partial charge in [-0.1, -0.05) is 195 Å². The minimum absolute atomic E-state index is 0.0604. The fourth-order valence-corrected chi connectivity index (χ4v) is 6.40. The Kier molecular flexibility index (Phi) is 42.4. The van der Waals surface area contributed by atoms with E-state index in [9.17, 15) is 19.8 Å². The summed E-state index contributed by atoms with van der Waals surface area (Å²) in [5.41, 5.74) is 0. The summed E-state index contributed by atoms with van der Waals surface area (Å²) in [5.74, 6) is -0.665. The van der Waals surface area contributed by atoms with Gasteiger partial charge >= 0.3 is 5.97 Å². The number of esters is 1. The molecule has 6 heteroatoms. The lowest BCUT2D eigenvalue weighted by atomic mass is 10.0. The van der Waals surface area contributed by atoms with Crippen molar-refractivity contribution in [2.45, 2.75) is 212 Å². The predicted molar refractivity (Wildman–Crippen MR) is 250 cm³/mol. The van der Waals surface area contributed by atoms with Gasteiger partial charge in [0.2, 0.25) is 5.91 Å². The summed E-state index contributed by atoms with van der Waals surface area (Å²) in [5, 5.41) is 23.6. The molecule has 0 rings (SSSR count). The zero-order valence-corrected chi connectivity index (χ0v) is 37.4. The fraction of sp³-hybridized carbons (Fsp3) is 0.654. The molecule has 0 spiro atoms. The van der Waals surface area contributed by atoms with Gasteiger partial charge in [0.25, 0.3) is 0 Å². The van der Waals surface area contributed by atoms with Crippen molar-refractivity contribution in [3.63, 3.8) is 0 Å². The van der Waals surface area contributed by atoms with Crippen LogP contribution in [0.4, 0.5) is 0 Å². The van der Waals surface area contributed by atoms with Gasteiger partial charge in [-0.2, -0.15) is 0 Å². The van der Waals surface area contributed by atoms with Crippen molar-refractivity contribution >= 4 is 11.9 Å². The molecule has 0 bridgehead atoms. The SMILES string of the molecule is CC/C=C/C/C=C/C/C=C/C/C=C/C/C=C/C(CC(=O)NC(CO)C(O)CCCCCCCCCCCCC)OC(=O)CCCCCC/C=C/C/C=C/C/C=C/CC. The molecule has 3 unspecified atom stereocenters. The third-order valence-electron chi connectivity index (χ3n) is 9.90. The highest BCUT2D eigenvalue weighted by molar-refractivity contribution is 5.78. The zero-order valence-electron chi connectivity index (χ0n) is 37.4. The molecule has 0 aliphatic heterocycles. The van der Waals surface area contributed by atoms with Crippen molar-refractivity contribution in [1.29, 1.82) is 0 Å². The normalized spacial score (nSPS) is 14.2. The maximum atomic E-state index is 13.1. The Morgan fingerprint density at radius 1 is 0.534 bits per heavy atom. The molecule has 0 heterocycles. The van der Waals surface area contributed by atoms with E-state index < -0.39 is 18.2 Å². The van der Waals surface area contributed by atoms with Gasteiger partial charge in [-0.3, -0.25) is 9.59 Å². The van der Waals surface area contributed by atoms with Crippen LogP contribution in [0.25, 0.3) is 0 Å². The van der Waals surface area contributed by atoms with Crippen LogP contribution in [-0.4, -0.2) is 46.9 Å². The molecule has 330 valence electrons. The number of nitrogens with one attached hydrogen (secondary N) is 1. The monoisotopic (exact) mass is 806 g/mol. The molecule has 0 fully saturated rings. The van der Waals surface area contributed by atoms with E-state index in [-0.39, 0.29) is 24.9 Å². The molecule has 0 saturated carbocycles. The van der Waals surface area contributed by atoms with Gasteiger partial charge in [0, 0.05) is 6.42 Å². The predicted octanol–water partition coefficient (Wildman–Crippen LogP) is 13.8. The second kappa shape index (κ2) is 44.9. The van der Waals surface area contributed by atoms with Crippen LogP contribution in [0.5, 0.6) is 0 Å². The average Bonchev–Trinajstić information content (AvgIpc) is 3.22. The number of aliphatic hydroxyl groups excluding tert-OH is 2. The van der Waals surface area contributed by atoms with Gasteiger partial charge in [0.05, 0.1) is 25.2 Å². The zero-order chi connectivity index (χ0) is 42.4. The molecule has 0 aliphatic rings. The number of carbonyl (C=O) groups is 2. The first-order valence-corrected chi connectivity index (χ1v) is 23.5. The summed E-state index contributed by atoms with van der Waals surface area (Å²) in [6.45, 7) is 6.18. The maximum absolute atomic E-state index is 13.1. The van der Waals surface area contributed by atoms with Crippen LogP contribution in [0, 0.1) is 0 Å². The van der Waals surface area contributed by atoms with E-state index in [1.54, 1.807) is 6.08 Å². The Morgan fingerprint density at radius 3 is 1.47 bits per heavy atom. The third-order valence-corrected chi connectivity index (χ3v) is 9.90. The first-order valence-electron chi connectivity index (χ1n) is 23.5. The highest BCUT2D eigenvalue weighted by atomic mass is 16.5. The molecule has 0 radical (unpaired) electrons. The van der Waals surface area contributed by atoms with Crippen LogP contribution < -0.4 is 5.32 Å².